The average molecular weight is 412 g/mol. The van der Waals surface area contributed by atoms with Gasteiger partial charge >= 0.3 is 0 Å². The highest BCUT2D eigenvalue weighted by molar-refractivity contribution is 7.92. The summed E-state index contributed by atoms with van der Waals surface area (Å²) < 4.78 is 56.2. The van der Waals surface area contributed by atoms with Gasteiger partial charge in [-0.25, -0.2) is 17.2 Å². The molecular formula is C18H16ClF2N3O2S. The molecule has 27 heavy (non-hydrogen) atoms. The molecule has 142 valence electrons. The van der Waals surface area contributed by atoms with Crippen LogP contribution in [0.15, 0.2) is 47.4 Å². The summed E-state index contributed by atoms with van der Waals surface area (Å²) in [5.74, 6) is -1.88. The molecule has 0 saturated carbocycles. The van der Waals surface area contributed by atoms with E-state index in [-0.39, 0.29) is 5.69 Å². The number of aromatic nitrogens is 2. The molecule has 0 aliphatic heterocycles. The quantitative estimate of drug-likeness (QED) is 0.681. The van der Waals surface area contributed by atoms with Crippen molar-refractivity contribution in [3.8, 4) is 0 Å². The molecule has 3 aromatic rings. The molecule has 1 heterocycles. The molecule has 0 spiro atoms. The molecule has 0 radical (unpaired) electrons. The third-order valence-corrected chi connectivity index (χ3v) is 5.66. The lowest BCUT2D eigenvalue weighted by molar-refractivity contribution is 0.555. The van der Waals surface area contributed by atoms with E-state index in [1.54, 1.807) is 30.7 Å². The van der Waals surface area contributed by atoms with Crippen molar-refractivity contribution in [1.82, 2.24) is 9.78 Å². The fraction of sp³-hybridized carbons (Fsp3) is 0.167. The first-order valence-corrected chi connectivity index (χ1v) is 9.80. The maximum Gasteiger partial charge on any atom is 0.265 e. The fourth-order valence-corrected chi connectivity index (χ4v) is 4.03. The van der Waals surface area contributed by atoms with E-state index in [4.69, 9.17) is 11.6 Å². The highest BCUT2D eigenvalue weighted by atomic mass is 35.5. The first-order chi connectivity index (χ1) is 12.7. The topological polar surface area (TPSA) is 64.0 Å². The highest BCUT2D eigenvalue weighted by Gasteiger charge is 2.23. The number of nitrogens with zero attached hydrogens (tertiary/aromatic N) is 2. The Morgan fingerprint density at radius 3 is 2.44 bits per heavy atom. The van der Waals surface area contributed by atoms with Crippen LogP contribution in [0.5, 0.6) is 0 Å². The summed E-state index contributed by atoms with van der Waals surface area (Å²) in [6.45, 7) is 3.72. The van der Waals surface area contributed by atoms with Crippen molar-refractivity contribution >= 4 is 27.3 Å². The minimum atomic E-state index is -4.31. The fourth-order valence-electron chi connectivity index (χ4n) is 2.63. The molecule has 0 aliphatic rings. The van der Waals surface area contributed by atoms with E-state index in [1.165, 1.54) is 0 Å². The van der Waals surface area contributed by atoms with Gasteiger partial charge in [0.05, 0.1) is 23.6 Å². The van der Waals surface area contributed by atoms with Gasteiger partial charge in [0.15, 0.2) is 0 Å². The third kappa shape index (κ3) is 4.12. The van der Waals surface area contributed by atoms with Gasteiger partial charge in [-0.15, -0.1) is 0 Å². The van der Waals surface area contributed by atoms with Crippen LogP contribution >= 0.6 is 11.6 Å². The van der Waals surface area contributed by atoms with E-state index < -0.39 is 26.6 Å². The maximum atomic E-state index is 13.9. The number of halogens is 3. The standard InChI is InChI=1S/C18H16ClF2N3O2S/c1-11-18(23-27(25,26)17-9-15(20)7-8-16(17)21)12(2)24(22-11)10-13-3-5-14(19)6-4-13/h3-9,23H,10H2,1-2H3. The van der Waals surface area contributed by atoms with Crippen LogP contribution in [0.4, 0.5) is 14.5 Å². The normalized spacial score (nSPS) is 11.6. The summed E-state index contributed by atoms with van der Waals surface area (Å²) in [6.07, 6.45) is 0. The SMILES string of the molecule is Cc1nn(Cc2ccc(Cl)cc2)c(C)c1NS(=O)(=O)c1cc(F)ccc1F. The second-order valence-electron chi connectivity index (χ2n) is 6.01. The Bertz CT molecular complexity index is 1100. The summed E-state index contributed by atoms with van der Waals surface area (Å²) >= 11 is 5.87. The summed E-state index contributed by atoms with van der Waals surface area (Å²) in [7, 11) is -4.31. The van der Waals surface area contributed by atoms with Gasteiger partial charge < -0.3 is 0 Å². The lowest BCUT2D eigenvalue weighted by Crippen LogP contribution is -2.16. The Kier molecular flexibility index (Phi) is 5.21. The molecule has 5 nitrogen and oxygen atoms in total. The van der Waals surface area contributed by atoms with E-state index in [0.717, 1.165) is 17.7 Å². The van der Waals surface area contributed by atoms with Gasteiger partial charge in [0.1, 0.15) is 16.5 Å². The lowest BCUT2D eigenvalue weighted by Gasteiger charge is -2.10. The van der Waals surface area contributed by atoms with Crippen molar-refractivity contribution in [3.05, 3.63) is 76.1 Å². The molecule has 1 aromatic heterocycles. The molecule has 0 atom stereocenters. The van der Waals surface area contributed by atoms with Crippen LogP contribution in [-0.2, 0) is 16.6 Å². The molecule has 0 saturated heterocycles. The second-order valence-corrected chi connectivity index (χ2v) is 8.10. The van der Waals surface area contributed by atoms with Crippen LogP contribution < -0.4 is 4.72 Å². The van der Waals surface area contributed by atoms with Crippen molar-refractivity contribution < 1.29 is 17.2 Å². The van der Waals surface area contributed by atoms with Crippen LogP contribution in [0.25, 0.3) is 0 Å². The summed E-state index contributed by atoms with van der Waals surface area (Å²) in [6, 6.07) is 9.44. The molecule has 0 amide bonds. The van der Waals surface area contributed by atoms with Crippen molar-refractivity contribution in [2.45, 2.75) is 25.3 Å². The van der Waals surface area contributed by atoms with Gasteiger partial charge in [-0.05, 0) is 49.7 Å². The second kappa shape index (κ2) is 7.28. The first-order valence-electron chi connectivity index (χ1n) is 7.93. The van der Waals surface area contributed by atoms with Gasteiger partial charge in [0.2, 0.25) is 0 Å². The van der Waals surface area contributed by atoms with Crippen molar-refractivity contribution in [2.24, 2.45) is 0 Å². The maximum absolute atomic E-state index is 13.9. The zero-order chi connectivity index (χ0) is 19.8. The Hall–Kier alpha value is -2.45. The van der Waals surface area contributed by atoms with E-state index in [2.05, 4.69) is 9.82 Å². The van der Waals surface area contributed by atoms with E-state index in [1.807, 2.05) is 12.1 Å². The molecule has 3 rings (SSSR count). The minimum absolute atomic E-state index is 0.229. The van der Waals surface area contributed by atoms with Gasteiger partial charge in [0.25, 0.3) is 10.0 Å². The van der Waals surface area contributed by atoms with Gasteiger partial charge in [-0.2, -0.15) is 5.10 Å². The van der Waals surface area contributed by atoms with Crippen molar-refractivity contribution in [2.75, 3.05) is 4.72 Å². The Labute approximate surface area is 160 Å². The monoisotopic (exact) mass is 411 g/mol. The van der Waals surface area contributed by atoms with Crippen LogP contribution in [0, 0.1) is 25.5 Å². The number of hydrogen-bond acceptors (Lipinski definition) is 3. The number of hydrogen-bond donors (Lipinski definition) is 1. The Balaban J connectivity index is 1.92. The van der Waals surface area contributed by atoms with Crippen LogP contribution in [0.3, 0.4) is 0 Å². The Morgan fingerprint density at radius 1 is 1.11 bits per heavy atom. The van der Waals surface area contributed by atoms with Gasteiger partial charge in [-0.1, -0.05) is 23.7 Å². The number of nitrogens with one attached hydrogen (secondary N) is 1. The summed E-state index contributed by atoms with van der Waals surface area (Å²) in [5.41, 5.74) is 2.12. The van der Waals surface area contributed by atoms with Gasteiger partial charge in [0, 0.05) is 5.02 Å². The van der Waals surface area contributed by atoms with Crippen LogP contribution in [0.2, 0.25) is 5.02 Å². The predicted molar refractivity (Wildman–Crippen MR) is 99.4 cm³/mol. The van der Waals surface area contributed by atoms with Crippen LogP contribution in [0.1, 0.15) is 17.0 Å². The number of aryl methyl sites for hydroxylation is 1. The van der Waals surface area contributed by atoms with Gasteiger partial charge in [-0.3, -0.25) is 9.40 Å². The van der Waals surface area contributed by atoms with E-state index in [9.17, 15) is 17.2 Å². The van der Waals surface area contributed by atoms with Crippen molar-refractivity contribution in [1.29, 1.82) is 0 Å². The van der Waals surface area contributed by atoms with E-state index >= 15 is 0 Å². The molecular weight excluding hydrogens is 396 g/mol. The number of anilines is 1. The summed E-state index contributed by atoms with van der Waals surface area (Å²) in [5, 5.41) is 4.94. The molecule has 0 bridgehead atoms. The van der Waals surface area contributed by atoms with Crippen molar-refractivity contribution in [3.63, 3.8) is 0 Å². The number of benzene rings is 2. The lowest BCUT2D eigenvalue weighted by atomic mass is 10.2. The predicted octanol–water partition coefficient (Wildman–Crippen LogP) is 4.28. The first kappa shape index (κ1) is 19.3. The minimum Gasteiger partial charge on any atom is -0.276 e. The molecule has 9 heteroatoms. The number of rotatable bonds is 5. The zero-order valence-corrected chi connectivity index (χ0v) is 16.1. The zero-order valence-electron chi connectivity index (χ0n) is 14.5. The smallest absolute Gasteiger partial charge is 0.265 e. The molecule has 0 unspecified atom stereocenters. The largest absolute Gasteiger partial charge is 0.276 e. The van der Waals surface area contributed by atoms with Crippen LogP contribution in [-0.4, -0.2) is 18.2 Å². The number of sulfonamides is 1. The molecule has 1 N–H and O–H groups in total. The summed E-state index contributed by atoms with van der Waals surface area (Å²) in [4.78, 5) is -0.758. The van der Waals surface area contributed by atoms with E-state index in [0.29, 0.717) is 29.0 Å². The molecule has 2 aromatic carbocycles. The Morgan fingerprint density at radius 2 is 1.78 bits per heavy atom. The molecule has 0 fully saturated rings. The highest BCUT2D eigenvalue weighted by Crippen LogP contribution is 2.25. The third-order valence-electron chi connectivity index (χ3n) is 4.05. The average Bonchev–Trinajstić information content (AvgIpc) is 2.86. The molecule has 0 aliphatic carbocycles.